The summed E-state index contributed by atoms with van der Waals surface area (Å²) in [5, 5.41) is 2.80. The van der Waals surface area contributed by atoms with Gasteiger partial charge in [-0.1, -0.05) is 12.1 Å². The summed E-state index contributed by atoms with van der Waals surface area (Å²) in [4.78, 5) is 24.2. The van der Waals surface area contributed by atoms with Crippen LogP contribution in [0.2, 0.25) is 0 Å². The van der Waals surface area contributed by atoms with Crippen molar-refractivity contribution in [2.45, 2.75) is 32.4 Å². The molecule has 132 valence electrons. The van der Waals surface area contributed by atoms with Crippen LogP contribution >= 0.6 is 0 Å². The summed E-state index contributed by atoms with van der Waals surface area (Å²) in [6, 6.07) is 10.5. The molecule has 1 unspecified atom stereocenters. The fraction of sp³-hybridized carbons (Fsp3) is 0.421. The second-order valence-corrected chi connectivity index (χ2v) is 6.59. The van der Waals surface area contributed by atoms with E-state index >= 15 is 0 Å². The number of rotatable bonds is 5. The Hall–Kier alpha value is -2.47. The highest BCUT2D eigenvalue weighted by atomic mass is 16.1. The largest absolute Gasteiger partial charge is 0.355 e. The van der Waals surface area contributed by atoms with Gasteiger partial charge in [0.15, 0.2) is 0 Å². The van der Waals surface area contributed by atoms with Crippen molar-refractivity contribution in [2.75, 3.05) is 30.4 Å². The van der Waals surface area contributed by atoms with Gasteiger partial charge < -0.3 is 10.2 Å². The van der Waals surface area contributed by atoms with Crippen LogP contribution in [0.3, 0.4) is 0 Å². The molecular weight excluding hydrogens is 314 g/mol. The zero-order chi connectivity index (χ0) is 17.6. The van der Waals surface area contributed by atoms with E-state index in [2.05, 4.69) is 44.3 Å². The number of likely N-dealkylation sites (tertiary alicyclic amines) is 1. The van der Waals surface area contributed by atoms with Gasteiger partial charge in [-0.25, -0.2) is 9.97 Å². The number of piperidine rings is 1. The topological polar surface area (TPSA) is 61.4 Å². The van der Waals surface area contributed by atoms with Gasteiger partial charge in [-0.15, -0.1) is 0 Å². The van der Waals surface area contributed by atoms with Gasteiger partial charge in [-0.05, 0) is 43.1 Å². The van der Waals surface area contributed by atoms with E-state index in [0.29, 0.717) is 6.04 Å². The zero-order valence-electron chi connectivity index (χ0n) is 14.9. The molecule has 1 fully saturated rings. The monoisotopic (exact) mass is 339 g/mol. The fourth-order valence-electron chi connectivity index (χ4n) is 3.33. The van der Waals surface area contributed by atoms with E-state index in [9.17, 15) is 4.79 Å². The highest BCUT2D eigenvalue weighted by molar-refractivity contribution is 5.88. The van der Waals surface area contributed by atoms with E-state index in [1.165, 1.54) is 25.3 Å². The Bertz CT molecular complexity index is 689. The average molecular weight is 339 g/mol. The molecule has 0 radical (unpaired) electrons. The number of carbonyl (C=O) groups is 1. The third-order valence-electron chi connectivity index (χ3n) is 4.64. The summed E-state index contributed by atoms with van der Waals surface area (Å²) < 4.78 is 0. The second-order valence-electron chi connectivity index (χ2n) is 6.59. The number of carbonyl (C=O) groups excluding carboxylic acids is 1. The van der Waals surface area contributed by atoms with Gasteiger partial charge in [-0.2, -0.15) is 0 Å². The zero-order valence-corrected chi connectivity index (χ0v) is 14.9. The molecule has 0 spiro atoms. The van der Waals surface area contributed by atoms with Gasteiger partial charge in [-0.3, -0.25) is 9.69 Å². The highest BCUT2D eigenvalue weighted by Gasteiger charge is 2.24. The van der Waals surface area contributed by atoms with Crippen molar-refractivity contribution in [3.63, 3.8) is 0 Å². The molecular formula is C19H25N5O. The van der Waals surface area contributed by atoms with E-state index in [1.807, 2.05) is 18.2 Å². The number of aromatic nitrogens is 2. The van der Waals surface area contributed by atoms with Crippen molar-refractivity contribution in [2.24, 2.45) is 0 Å². The molecule has 1 saturated heterocycles. The van der Waals surface area contributed by atoms with Crippen LogP contribution < -0.4 is 10.2 Å². The third kappa shape index (κ3) is 4.76. The van der Waals surface area contributed by atoms with Crippen molar-refractivity contribution in [1.29, 1.82) is 0 Å². The number of nitrogens with zero attached hydrogens (tertiary/aromatic N) is 4. The predicted octanol–water partition coefficient (Wildman–Crippen LogP) is 2.54. The third-order valence-corrected chi connectivity index (χ3v) is 4.64. The molecule has 3 rings (SSSR count). The van der Waals surface area contributed by atoms with Crippen molar-refractivity contribution in [3.05, 3.63) is 48.4 Å². The van der Waals surface area contributed by atoms with Crippen LogP contribution in [0.15, 0.2) is 42.9 Å². The first-order chi connectivity index (χ1) is 12.1. The lowest BCUT2D eigenvalue weighted by atomic mass is 10.0. The number of benzene rings is 1. The molecule has 2 heterocycles. The molecule has 1 N–H and O–H groups in total. The van der Waals surface area contributed by atoms with Crippen molar-refractivity contribution in [1.82, 2.24) is 14.9 Å². The molecule has 0 bridgehead atoms. The molecule has 1 amide bonds. The maximum atomic E-state index is 11.1. The summed E-state index contributed by atoms with van der Waals surface area (Å²) in [5.74, 6) is 0.931. The Morgan fingerprint density at radius 3 is 2.80 bits per heavy atom. The van der Waals surface area contributed by atoms with E-state index < -0.39 is 0 Å². The van der Waals surface area contributed by atoms with Crippen molar-refractivity contribution in [3.8, 4) is 0 Å². The molecule has 25 heavy (non-hydrogen) atoms. The van der Waals surface area contributed by atoms with E-state index in [1.54, 1.807) is 12.5 Å². The Morgan fingerprint density at radius 2 is 2.12 bits per heavy atom. The molecule has 1 atom stereocenters. The minimum absolute atomic E-state index is 0.0422. The van der Waals surface area contributed by atoms with Gasteiger partial charge in [0.1, 0.15) is 12.1 Å². The van der Waals surface area contributed by atoms with E-state index in [-0.39, 0.29) is 5.91 Å². The number of hydrogen-bond acceptors (Lipinski definition) is 5. The van der Waals surface area contributed by atoms with Crippen molar-refractivity contribution >= 4 is 17.4 Å². The minimum Gasteiger partial charge on any atom is -0.355 e. The smallest absolute Gasteiger partial charge is 0.221 e. The SMILES string of the molecule is CC(=O)Nc1ccc(CN2CCCC(N(C)c3ccncn3)C2)cc1. The van der Waals surface area contributed by atoms with Gasteiger partial charge >= 0.3 is 0 Å². The summed E-state index contributed by atoms with van der Waals surface area (Å²) in [5.41, 5.74) is 2.11. The van der Waals surface area contributed by atoms with E-state index in [0.717, 1.165) is 31.1 Å². The Labute approximate surface area is 148 Å². The quantitative estimate of drug-likeness (QED) is 0.907. The number of hydrogen-bond donors (Lipinski definition) is 1. The van der Waals surface area contributed by atoms with Gasteiger partial charge in [0.2, 0.25) is 5.91 Å². The molecule has 6 heteroatoms. The maximum Gasteiger partial charge on any atom is 0.221 e. The van der Waals surface area contributed by atoms with Crippen LogP contribution in [0.4, 0.5) is 11.5 Å². The lowest BCUT2D eigenvalue weighted by Crippen LogP contribution is -2.46. The standard InChI is InChI=1S/C19H25N5O/c1-15(25)22-17-7-5-16(6-8-17)12-24-11-3-4-18(13-24)23(2)19-9-10-20-14-21-19/h5-10,14,18H,3-4,11-13H2,1-2H3,(H,22,25). The first-order valence-corrected chi connectivity index (χ1v) is 8.69. The van der Waals surface area contributed by atoms with Gasteiger partial charge in [0.05, 0.1) is 0 Å². The number of likely N-dealkylation sites (N-methyl/N-ethyl adjacent to an activating group) is 1. The number of anilines is 2. The summed E-state index contributed by atoms with van der Waals surface area (Å²) in [6.45, 7) is 4.58. The van der Waals surface area contributed by atoms with Crippen LogP contribution in [-0.2, 0) is 11.3 Å². The number of amides is 1. The van der Waals surface area contributed by atoms with Crippen LogP contribution in [0, 0.1) is 0 Å². The maximum absolute atomic E-state index is 11.1. The first-order valence-electron chi connectivity index (χ1n) is 8.69. The molecule has 1 aliphatic heterocycles. The molecule has 1 aromatic carbocycles. The summed E-state index contributed by atoms with van der Waals surface area (Å²) in [7, 11) is 2.11. The van der Waals surface area contributed by atoms with Crippen LogP contribution in [0.5, 0.6) is 0 Å². The summed E-state index contributed by atoms with van der Waals surface area (Å²) >= 11 is 0. The molecule has 6 nitrogen and oxygen atoms in total. The Kier molecular flexibility index (Phi) is 5.60. The molecule has 0 aliphatic carbocycles. The van der Waals surface area contributed by atoms with Crippen LogP contribution in [0.25, 0.3) is 0 Å². The van der Waals surface area contributed by atoms with E-state index in [4.69, 9.17) is 0 Å². The fourth-order valence-corrected chi connectivity index (χ4v) is 3.33. The molecule has 1 aromatic heterocycles. The molecule has 0 saturated carbocycles. The number of nitrogens with one attached hydrogen (secondary N) is 1. The Morgan fingerprint density at radius 1 is 1.32 bits per heavy atom. The molecule has 2 aromatic rings. The van der Waals surface area contributed by atoms with Crippen LogP contribution in [0.1, 0.15) is 25.3 Å². The minimum atomic E-state index is -0.0422. The lowest BCUT2D eigenvalue weighted by Gasteiger charge is -2.38. The first kappa shape index (κ1) is 17.4. The van der Waals surface area contributed by atoms with Crippen molar-refractivity contribution < 1.29 is 4.79 Å². The molecule has 1 aliphatic rings. The highest BCUT2D eigenvalue weighted by Crippen LogP contribution is 2.21. The predicted molar refractivity (Wildman–Crippen MR) is 99.5 cm³/mol. The second kappa shape index (κ2) is 8.07. The van der Waals surface area contributed by atoms with Gasteiger partial charge in [0.25, 0.3) is 0 Å². The van der Waals surface area contributed by atoms with Crippen LogP contribution in [-0.4, -0.2) is 47.0 Å². The Balaban J connectivity index is 1.59. The van der Waals surface area contributed by atoms with Gasteiger partial charge in [0, 0.05) is 45.0 Å². The average Bonchev–Trinajstić information content (AvgIpc) is 2.63. The lowest BCUT2D eigenvalue weighted by molar-refractivity contribution is -0.114. The summed E-state index contributed by atoms with van der Waals surface area (Å²) in [6.07, 6.45) is 5.75. The normalized spacial score (nSPS) is 17.9.